The van der Waals surface area contributed by atoms with Crippen LogP contribution in [0.1, 0.15) is 116 Å². The number of rotatable bonds is 10. The van der Waals surface area contributed by atoms with Gasteiger partial charge >= 0.3 is 0 Å². The Morgan fingerprint density at radius 3 is 2.38 bits per heavy atom. The number of benzene rings is 2. The maximum atomic E-state index is 13.3. The van der Waals surface area contributed by atoms with Gasteiger partial charge in [-0.3, -0.25) is 4.79 Å². The van der Waals surface area contributed by atoms with Crippen LogP contribution in [0.3, 0.4) is 0 Å². The smallest absolute Gasteiger partial charge is 0.272 e. The number of imidazole rings is 1. The molecular weight excluding hydrogens is 561 g/mol. The molecule has 1 aliphatic heterocycles. The molecule has 0 spiro atoms. The zero-order chi connectivity index (χ0) is 33.8. The molecule has 1 fully saturated rings. The van der Waals surface area contributed by atoms with Gasteiger partial charge in [0.25, 0.3) is 5.91 Å². The molecule has 45 heavy (non-hydrogen) atoms. The van der Waals surface area contributed by atoms with Gasteiger partial charge in [-0.15, -0.1) is 13.2 Å². The number of carbonyl (C=O) groups is 1. The van der Waals surface area contributed by atoms with Gasteiger partial charge in [-0.1, -0.05) is 90.8 Å². The monoisotopic (exact) mass is 621 g/mol. The lowest BCUT2D eigenvalue weighted by molar-refractivity contribution is 0.0352. The standard InChI is InChI=1S/C24H26FN3O.C11H24O.C2H6.C2H4/c1-18-5-4-13-27(14-12-18)24(29)23-15-26-17-28(23)16-20-6-2-3-7-22(20)19-8-10-21(25)11-9-19;1-5-8-11(4,12)9-7-10(3)6-2;2*1-2/h2-3,6-11,15,17-18H,4-5,12-14,16H2,1H3;10,12H,5-9H2,1-4H3;1-2H3;1-2H2. The predicted molar refractivity (Wildman–Crippen MR) is 189 cm³/mol. The highest BCUT2D eigenvalue weighted by Crippen LogP contribution is 2.26. The fourth-order valence-corrected chi connectivity index (χ4v) is 5.43. The van der Waals surface area contributed by atoms with E-state index in [-0.39, 0.29) is 11.7 Å². The highest BCUT2D eigenvalue weighted by molar-refractivity contribution is 5.92. The second kappa shape index (κ2) is 21.5. The van der Waals surface area contributed by atoms with Crippen molar-refractivity contribution in [3.63, 3.8) is 0 Å². The number of likely N-dealkylation sites (tertiary alicyclic amines) is 1. The summed E-state index contributed by atoms with van der Waals surface area (Å²) in [7, 11) is 0. The van der Waals surface area contributed by atoms with Crippen LogP contribution in [0.5, 0.6) is 0 Å². The number of nitrogens with zero attached hydrogens (tertiary/aromatic N) is 3. The molecule has 1 amide bonds. The van der Waals surface area contributed by atoms with Crippen molar-refractivity contribution in [3.8, 4) is 11.1 Å². The summed E-state index contributed by atoms with van der Waals surface area (Å²) in [5.74, 6) is 1.23. The highest BCUT2D eigenvalue weighted by atomic mass is 19.1. The third-order valence-corrected chi connectivity index (χ3v) is 8.41. The molecule has 2 heterocycles. The molecule has 0 radical (unpaired) electrons. The summed E-state index contributed by atoms with van der Waals surface area (Å²) >= 11 is 0. The Hall–Kier alpha value is -3.25. The second-order valence-corrected chi connectivity index (χ2v) is 12.2. The van der Waals surface area contributed by atoms with E-state index in [0.717, 1.165) is 74.2 Å². The van der Waals surface area contributed by atoms with Crippen LogP contribution in [0, 0.1) is 17.7 Å². The molecule has 3 aromatic rings. The molecule has 1 aromatic heterocycles. The van der Waals surface area contributed by atoms with E-state index >= 15 is 0 Å². The fourth-order valence-electron chi connectivity index (χ4n) is 5.43. The first kappa shape index (κ1) is 39.8. The zero-order valence-corrected chi connectivity index (χ0v) is 29.2. The summed E-state index contributed by atoms with van der Waals surface area (Å²) in [6.45, 7) is 22.9. The van der Waals surface area contributed by atoms with Gasteiger partial charge in [0.2, 0.25) is 0 Å². The molecule has 1 saturated heterocycles. The van der Waals surface area contributed by atoms with Gasteiger partial charge in [0.1, 0.15) is 11.5 Å². The normalized spacial score (nSPS) is 16.3. The highest BCUT2D eigenvalue weighted by Gasteiger charge is 2.23. The van der Waals surface area contributed by atoms with Gasteiger partial charge in [0.05, 0.1) is 18.1 Å². The number of hydrogen-bond donors (Lipinski definition) is 1. The minimum atomic E-state index is -0.418. The number of hydrogen-bond acceptors (Lipinski definition) is 3. The van der Waals surface area contributed by atoms with Crippen LogP contribution in [-0.2, 0) is 6.54 Å². The summed E-state index contributed by atoms with van der Waals surface area (Å²) < 4.78 is 15.2. The lowest BCUT2D eigenvalue weighted by atomic mass is 9.90. The lowest BCUT2D eigenvalue weighted by Gasteiger charge is -2.23. The number of amides is 1. The molecule has 1 aliphatic rings. The van der Waals surface area contributed by atoms with Gasteiger partial charge in [0.15, 0.2) is 0 Å². The largest absolute Gasteiger partial charge is 0.390 e. The van der Waals surface area contributed by atoms with Crippen molar-refractivity contribution in [1.82, 2.24) is 14.5 Å². The van der Waals surface area contributed by atoms with Crippen LogP contribution in [-0.4, -0.2) is 44.2 Å². The summed E-state index contributed by atoms with van der Waals surface area (Å²) in [4.78, 5) is 19.4. The average Bonchev–Trinajstić information content (AvgIpc) is 3.41. The Labute approximate surface area is 273 Å². The van der Waals surface area contributed by atoms with Crippen LogP contribution in [0.25, 0.3) is 11.1 Å². The van der Waals surface area contributed by atoms with Crippen LogP contribution >= 0.6 is 0 Å². The van der Waals surface area contributed by atoms with Crippen molar-refractivity contribution < 1.29 is 14.3 Å². The summed E-state index contributed by atoms with van der Waals surface area (Å²) in [6, 6.07) is 14.5. The van der Waals surface area contributed by atoms with Gasteiger partial charge < -0.3 is 14.6 Å². The Balaban J connectivity index is 0.000000535. The van der Waals surface area contributed by atoms with E-state index in [1.54, 1.807) is 24.7 Å². The molecule has 4 rings (SSSR count). The predicted octanol–water partition coefficient (Wildman–Crippen LogP) is 10.2. The van der Waals surface area contributed by atoms with Crippen LogP contribution < -0.4 is 0 Å². The van der Waals surface area contributed by atoms with E-state index in [4.69, 9.17) is 0 Å². The number of halogens is 1. The van der Waals surface area contributed by atoms with E-state index in [0.29, 0.717) is 18.2 Å². The molecule has 3 unspecified atom stereocenters. The molecule has 3 atom stereocenters. The average molecular weight is 622 g/mol. The molecule has 0 aliphatic carbocycles. The van der Waals surface area contributed by atoms with E-state index in [2.05, 4.69) is 45.8 Å². The van der Waals surface area contributed by atoms with Gasteiger partial charge in [0, 0.05) is 19.6 Å². The summed E-state index contributed by atoms with van der Waals surface area (Å²) in [5.41, 5.74) is 3.25. The fraction of sp³-hybridized carbons (Fsp3) is 0.538. The van der Waals surface area contributed by atoms with Crippen molar-refractivity contribution in [2.45, 2.75) is 112 Å². The van der Waals surface area contributed by atoms with Crippen molar-refractivity contribution in [2.24, 2.45) is 11.8 Å². The third kappa shape index (κ3) is 13.7. The second-order valence-electron chi connectivity index (χ2n) is 12.2. The van der Waals surface area contributed by atoms with E-state index in [9.17, 15) is 14.3 Å². The number of carbonyl (C=O) groups excluding carboxylic acids is 1. The Bertz CT molecular complexity index is 1220. The minimum Gasteiger partial charge on any atom is -0.390 e. The Morgan fingerprint density at radius 2 is 1.73 bits per heavy atom. The molecule has 6 heteroatoms. The first-order valence-corrected chi connectivity index (χ1v) is 17.0. The van der Waals surface area contributed by atoms with Crippen LogP contribution in [0.4, 0.5) is 4.39 Å². The maximum absolute atomic E-state index is 13.3. The maximum Gasteiger partial charge on any atom is 0.272 e. The Kier molecular flexibility index (Phi) is 19.0. The van der Waals surface area contributed by atoms with Gasteiger partial charge in [-0.2, -0.15) is 0 Å². The molecule has 5 nitrogen and oxygen atoms in total. The molecule has 0 saturated carbocycles. The SMILES string of the molecule is C=C.CC.CC1CCCN(C(=O)c2cncn2Cc2ccccc2-c2ccc(F)cc2)CC1.CCCC(C)(O)CCC(C)CC. The summed E-state index contributed by atoms with van der Waals surface area (Å²) in [6.07, 6.45) is 12.0. The lowest BCUT2D eigenvalue weighted by Crippen LogP contribution is -2.33. The zero-order valence-electron chi connectivity index (χ0n) is 29.2. The molecule has 250 valence electrons. The first-order chi connectivity index (χ1) is 21.6. The first-order valence-electron chi connectivity index (χ1n) is 17.0. The summed E-state index contributed by atoms with van der Waals surface area (Å²) in [5, 5.41) is 9.86. The molecule has 2 aromatic carbocycles. The Morgan fingerprint density at radius 1 is 1.07 bits per heavy atom. The molecule has 0 bridgehead atoms. The quantitative estimate of drug-likeness (QED) is 0.229. The minimum absolute atomic E-state index is 0.0517. The van der Waals surface area contributed by atoms with Crippen LogP contribution in [0.15, 0.2) is 74.2 Å². The van der Waals surface area contributed by atoms with Crippen molar-refractivity contribution in [1.29, 1.82) is 0 Å². The van der Waals surface area contributed by atoms with E-state index in [1.807, 2.05) is 54.5 Å². The van der Waals surface area contributed by atoms with Crippen molar-refractivity contribution in [3.05, 3.63) is 91.3 Å². The topological polar surface area (TPSA) is 58.4 Å². The number of aliphatic hydroxyl groups is 1. The van der Waals surface area contributed by atoms with Gasteiger partial charge in [-0.05, 0) is 86.1 Å². The third-order valence-electron chi connectivity index (χ3n) is 8.41. The van der Waals surface area contributed by atoms with E-state index < -0.39 is 5.60 Å². The van der Waals surface area contributed by atoms with E-state index in [1.165, 1.54) is 25.0 Å². The molecular formula is C39H60FN3O2. The van der Waals surface area contributed by atoms with Crippen molar-refractivity contribution in [2.75, 3.05) is 13.1 Å². The molecule has 1 N–H and O–H groups in total. The van der Waals surface area contributed by atoms with Crippen molar-refractivity contribution >= 4 is 5.91 Å². The van der Waals surface area contributed by atoms with Gasteiger partial charge in [-0.25, -0.2) is 9.37 Å². The number of aromatic nitrogens is 2. The van der Waals surface area contributed by atoms with Crippen LogP contribution in [0.2, 0.25) is 0 Å².